The molecule has 10 heteroatoms. The third kappa shape index (κ3) is 5.17. The molecule has 4 aromatic rings. The monoisotopic (exact) mass is 480 g/mol. The number of carbonyl (C=O) groups is 1. The lowest BCUT2D eigenvalue weighted by molar-refractivity contribution is -0.129. The third-order valence-electron chi connectivity index (χ3n) is 5.41. The fourth-order valence-corrected chi connectivity index (χ4v) is 5.56. The van der Waals surface area contributed by atoms with Crippen LogP contribution in [0.25, 0.3) is 17.0 Å². The zero-order chi connectivity index (χ0) is 22.6. The van der Waals surface area contributed by atoms with Crippen LogP contribution in [0.1, 0.15) is 12.8 Å². The van der Waals surface area contributed by atoms with Gasteiger partial charge in [0.1, 0.15) is 10.8 Å². The summed E-state index contributed by atoms with van der Waals surface area (Å²) in [7, 11) is 0. The summed E-state index contributed by atoms with van der Waals surface area (Å²) in [6, 6.07) is 14.1. The summed E-state index contributed by atoms with van der Waals surface area (Å²) in [5.41, 5.74) is 1.47. The Morgan fingerprint density at radius 1 is 1.06 bits per heavy atom. The van der Waals surface area contributed by atoms with Crippen LogP contribution in [0.5, 0.6) is 0 Å². The van der Waals surface area contributed by atoms with E-state index in [0.717, 1.165) is 41.4 Å². The van der Waals surface area contributed by atoms with Crippen LogP contribution in [0, 0.1) is 5.82 Å². The molecule has 0 aliphatic carbocycles. The molecule has 1 amide bonds. The molecule has 3 aromatic heterocycles. The van der Waals surface area contributed by atoms with Gasteiger partial charge in [0.15, 0.2) is 11.5 Å². The first-order valence-corrected chi connectivity index (χ1v) is 12.5. The summed E-state index contributed by atoms with van der Waals surface area (Å²) in [5.74, 6) is 0.845. The maximum atomic E-state index is 13.1. The molecule has 7 nitrogen and oxygen atoms in total. The maximum Gasteiger partial charge on any atom is 0.232 e. The molecule has 33 heavy (non-hydrogen) atoms. The average Bonchev–Trinajstić information content (AvgIpc) is 3.28. The number of pyridine rings is 1. The largest absolute Gasteiger partial charge is 0.342 e. The molecule has 0 saturated carbocycles. The van der Waals surface area contributed by atoms with E-state index in [0.29, 0.717) is 22.5 Å². The van der Waals surface area contributed by atoms with Crippen molar-refractivity contribution in [3.05, 3.63) is 66.7 Å². The van der Waals surface area contributed by atoms with Crippen LogP contribution in [0.4, 0.5) is 4.39 Å². The van der Waals surface area contributed by atoms with Gasteiger partial charge < -0.3 is 4.90 Å². The topological polar surface area (TPSA) is 76.3 Å². The van der Waals surface area contributed by atoms with Crippen molar-refractivity contribution in [2.75, 3.05) is 18.8 Å². The van der Waals surface area contributed by atoms with Gasteiger partial charge in [0.25, 0.3) is 0 Å². The first-order valence-electron chi connectivity index (χ1n) is 10.6. The number of likely N-dealkylation sites (tertiary alicyclic amines) is 1. The number of aromatic nitrogens is 5. The highest BCUT2D eigenvalue weighted by Crippen LogP contribution is 2.31. The van der Waals surface area contributed by atoms with Crippen molar-refractivity contribution in [1.82, 2.24) is 29.7 Å². The van der Waals surface area contributed by atoms with Crippen LogP contribution in [-0.4, -0.2) is 59.7 Å². The number of hydrogen-bond donors (Lipinski definition) is 0. The Balaban J connectivity index is 1.16. The SMILES string of the molecule is O=C(CSc1ccc2nnc(-c3cccnc3)n2n1)N1CCC(Sc2ccc(F)cc2)CC1. The van der Waals surface area contributed by atoms with Gasteiger partial charge in [0.2, 0.25) is 5.91 Å². The van der Waals surface area contributed by atoms with Crippen LogP contribution in [0.15, 0.2) is 70.8 Å². The zero-order valence-electron chi connectivity index (χ0n) is 17.7. The molecule has 168 valence electrons. The smallest absolute Gasteiger partial charge is 0.232 e. The van der Waals surface area contributed by atoms with Gasteiger partial charge in [-0.25, -0.2) is 4.39 Å². The molecule has 1 aromatic carbocycles. The van der Waals surface area contributed by atoms with E-state index in [1.54, 1.807) is 28.7 Å². The van der Waals surface area contributed by atoms with Gasteiger partial charge in [-0.05, 0) is 61.4 Å². The van der Waals surface area contributed by atoms with E-state index in [2.05, 4.69) is 20.3 Å². The predicted molar refractivity (Wildman–Crippen MR) is 127 cm³/mol. The Morgan fingerprint density at radius 3 is 2.64 bits per heavy atom. The van der Waals surface area contributed by atoms with Gasteiger partial charge in [-0.1, -0.05) is 11.8 Å². The number of hydrogen-bond acceptors (Lipinski definition) is 7. The van der Waals surface area contributed by atoms with Crippen molar-refractivity contribution < 1.29 is 9.18 Å². The molecule has 0 spiro atoms. The highest BCUT2D eigenvalue weighted by atomic mass is 32.2. The van der Waals surface area contributed by atoms with E-state index in [9.17, 15) is 9.18 Å². The molecule has 0 radical (unpaired) electrons. The van der Waals surface area contributed by atoms with E-state index >= 15 is 0 Å². The number of thioether (sulfide) groups is 2. The van der Waals surface area contributed by atoms with Crippen LogP contribution in [0.2, 0.25) is 0 Å². The molecule has 1 saturated heterocycles. The minimum Gasteiger partial charge on any atom is -0.342 e. The average molecular weight is 481 g/mol. The van der Waals surface area contributed by atoms with Gasteiger partial charge in [-0.3, -0.25) is 9.78 Å². The Labute approximate surface area is 198 Å². The fourth-order valence-electron chi connectivity index (χ4n) is 3.68. The summed E-state index contributed by atoms with van der Waals surface area (Å²) in [4.78, 5) is 19.9. The highest BCUT2D eigenvalue weighted by Gasteiger charge is 2.23. The van der Waals surface area contributed by atoms with Crippen LogP contribution < -0.4 is 0 Å². The molecule has 1 aliphatic rings. The lowest BCUT2D eigenvalue weighted by Crippen LogP contribution is -2.40. The number of rotatable bonds is 6. The second kappa shape index (κ2) is 9.88. The van der Waals surface area contributed by atoms with Crippen molar-refractivity contribution in [3.8, 4) is 11.4 Å². The maximum absolute atomic E-state index is 13.1. The molecule has 5 rings (SSSR count). The number of piperidine rings is 1. The molecular formula is C23H21FN6OS2. The summed E-state index contributed by atoms with van der Waals surface area (Å²) >= 11 is 3.17. The first kappa shape index (κ1) is 21.8. The van der Waals surface area contributed by atoms with Crippen molar-refractivity contribution in [3.63, 3.8) is 0 Å². The first-order chi connectivity index (χ1) is 16.2. The van der Waals surface area contributed by atoms with Crippen molar-refractivity contribution >= 4 is 35.1 Å². The number of amides is 1. The third-order valence-corrected chi connectivity index (χ3v) is 7.67. The Bertz CT molecular complexity index is 1240. The molecule has 0 bridgehead atoms. The van der Waals surface area contributed by atoms with E-state index in [-0.39, 0.29) is 11.7 Å². The van der Waals surface area contributed by atoms with Crippen molar-refractivity contribution in [2.45, 2.75) is 28.0 Å². The van der Waals surface area contributed by atoms with Crippen LogP contribution >= 0.6 is 23.5 Å². The minimum atomic E-state index is -0.219. The molecule has 0 atom stereocenters. The number of halogens is 1. The summed E-state index contributed by atoms with van der Waals surface area (Å²) in [5, 5.41) is 14.2. The fraction of sp³-hybridized carbons (Fsp3) is 0.261. The Hall–Kier alpha value is -2.98. The molecule has 0 N–H and O–H groups in total. The number of benzene rings is 1. The van der Waals surface area contributed by atoms with Crippen molar-refractivity contribution in [1.29, 1.82) is 0 Å². The predicted octanol–water partition coefficient (Wildman–Crippen LogP) is 4.20. The summed E-state index contributed by atoms with van der Waals surface area (Å²) in [6.07, 6.45) is 5.28. The second-order valence-electron chi connectivity index (χ2n) is 7.65. The van der Waals surface area contributed by atoms with Gasteiger partial charge in [0.05, 0.1) is 5.75 Å². The molecule has 4 heterocycles. The normalized spacial score (nSPS) is 14.6. The second-order valence-corrected chi connectivity index (χ2v) is 10.0. The highest BCUT2D eigenvalue weighted by molar-refractivity contribution is 8.00. The van der Waals surface area contributed by atoms with E-state index in [1.165, 1.54) is 23.9 Å². The van der Waals surface area contributed by atoms with E-state index in [1.807, 2.05) is 41.3 Å². The number of carbonyl (C=O) groups excluding carboxylic acids is 1. The van der Waals surface area contributed by atoms with Crippen LogP contribution in [-0.2, 0) is 4.79 Å². The molecule has 0 unspecified atom stereocenters. The quantitative estimate of drug-likeness (QED) is 0.383. The van der Waals surface area contributed by atoms with Crippen molar-refractivity contribution in [2.24, 2.45) is 0 Å². The molecule has 1 fully saturated rings. The van der Waals surface area contributed by atoms with Crippen LogP contribution in [0.3, 0.4) is 0 Å². The van der Waals surface area contributed by atoms with Gasteiger partial charge in [0, 0.05) is 41.2 Å². The lowest BCUT2D eigenvalue weighted by atomic mass is 10.1. The standard InChI is InChI=1S/C23H21FN6OS2/c24-17-3-5-18(6-4-17)33-19-9-12-29(13-10-19)22(31)15-32-21-8-7-20-26-27-23(30(20)28-21)16-2-1-11-25-14-16/h1-8,11,14,19H,9-10,12-13,15H2. The van der Waals surface area contributed by atoms with E-state index in [4.69, 9.17) is 0 Å². The van der Waals surface area contributed by atoms with E-state index < -0.39 is 0 Å². The lowest BCUT2D eigenvalue weighted by Gasteiger charge is -2.31. The minimum absolute atomic E-state index is 0.114. The summed E-state index contributed by atoms with van der Waals surface area (Å²) in [6.45, 7) is 1.47. The van der Waals surface area contributed by atoms with Gasteiger partial charge in [-0.15, -0.1) is 22.0 Å². The molecule has 1 aliphatic heterocycles. The summed E-state index contributed by atoms with van der Waals surface area (Å²) < 4.78 is 14.8. The number of nitrogens with zero attached hydrogens (tertiary/aromatic N) is 6. The Kier molecular flexibility index (Phi) is 6.54. The van der Waals surface area contributed by atoms with Gasteiger partial charge in [-0.2, -0.15) is 9.61 Å². The Morgan fingerprint density at radius 2 is 1.88 bits per heavy atom. The zero-order valence-corrected chi connectivity index (χ0v) is 19.3. The number of fused-ring (bicyclic) bond motifs is 1. The molecular weight excluding hydrogens is 459 g/mol. The van der Waals surface area contributed by atoms with Gasteiger partial charge >= 0.3 is 0 Å².